The molecule has 0 saturated carbocycles. The van der Waals surface area contributed by atoms with Gasteiger partial charge in [0.15, 0.2) is 5.82 Å². The molecule has 0 bridgehead atoms. The summed E-state index contributed by atoms with van der Waals surface area (Å²) in [5.74, 6) is 0.789. The van der Waals surface area contributed by atoms with E-state index in [9.17, 15) is 4.79 Å². The lowest BCUT2D eigenvalue weighted by Crippen LogP contribution is -2.49. The average molecular weight is 358 g/mol. The van der Waals surface area contributed by atoms with Crippen molar-refractivity contribution in [1.29, 1.82) is 0 Å². The summed E-state index contributed by atoms with van der Waals surface area (Å²) in [6.07, 6.45) is 1.73. The first-order valence-corrected chi connectivity index (χ1v) is 8.73. The summed E-state index contributed by atoms with van der Waals surface area (Å²) in [6, 6.07) is 2.55. The van der Waals surface area contributed by atoms with Gasteiger partial charge in [-0.05, 0) is 32.4 Å². The minimum Gasteiger partial charge on any atom is -0.383 e. The van der Waals surface area contributed by atoms with Crippen LogP contribution in [0.15, 0.2) is 12.3 Å². The van der Waals surface area contributed by atoms with Gasteiger partial charge in [-0.1, -0.05) is 0 Å². The van der Waals surface area contributed by atoms with Crippen molar-refractivity contribution in [3.8, 4) is 0 Å². The number of nitrogens with one attached hydrogen (secondary N) is 2. The highest BCUT2D eigenvalue weighted by Gasteiger charge is 2.21. The van der Waals surface area contributed by atoms with Crippen molar-refractivity contribution in [3.05, 3.63) is 23.4 Å². The summed E-state index contributed by atoms with van der Waals surface area (Å²) in [5, 5.41) is 9.61. The van der Waals surface area contributed by atoms with Gasteiger partial charge >= 0.3 is 0 Å². The SMILES string of the molecule is Cc1cc(Nc2n[nH]c(N)c2C(N)=O)cnc1N1CCN(C(C)C)CC1. The van der Waals surface area contributed by atoms with Gasteiger partial charge in [-0.3, -0.25) is 14.8 Å². The summed E-state index contributed by atoms with van der Waals surface area (Å²) in [5.41, 5.74) is 13.0. The number of nitrogens with zero attached hydrogens (tertiary/aromatic N) is 4. The van der Waals surface area contributed by atoms with E-state index in [4.69, 9.17) is 11.5 Å². The Morgan fingerprint density at radius 1 is 1.31 bits per heavy atom. The molecule has 1 fully saturated rings. The predicted octanol–water partition coefficient (Wildman–Crippen LogP) is 1.07. The standard InChI is InChI=1S/C17H26N8O/c1-10(2)24-4-6-25(7-5-24)17-11(3)8-12(9-20-17)21-16-13(15(19)26)14(18)22-23-16/h8-10H,4-7H2,1-3H3,(H2,19,26)(H4,18,21,22,23). The molecule has 2 aromatic heterocycles. The van der Waals surface area contributed by atoms with Crippen LogP contribution in [0.3, 0.4) is 0 Å². The van der Waals surface area contributed by atoms with Crippen LogP contribution in [-0.2, 0) is 0 Å². The highest BCUT2D eigenvalue weighted by atomic mass is 16.1. The van der Waals surface area contributed by atoms with Crippen LogP contribution < -0.4 is 21.7 Å². The quantitative estimate of drug-likeness (QED) is 0.629. The molecule has 1 amide bonds. The highest BCUT2D eigenvalue weighted by Crippen LogP contribution is 2.26. The van der Waals surface area contributed by atoms with Crippen LogP contribution in [0.4, 0.5) is 23.1 Å². The van der Waals surface area contributed by atoms with Crippen LogP contribution in [0.1, 0.15) is 29.8 Å². The number of hydrogen-bond acceptors (Lipinski definition) is 7. The van der Waals surface area contributed by atoms with Crippen LogP contribution in [0.25, 0.3) is 0 Å². The smallest absolute Gasteiger partial charge is 0.256 e. The van der Waals surface area contributed by atoms with Crippen molar-refractivity contribution in [2.24, 2.45) is 5.73 Å². The highest BCUT2D eigenvalue weighted by molar-refractivity contribution is 6.02. The number of amides is 1. The van der Waals surface area contributed by atoms with E-state index in [-0.39, 0.29) is 11.4 Å². The zero-order valence-corrected chi connectivity index (χ0v) is 15.4. The number of pyridine rings is 1. The van der Waals surface area contributed by atoms with Crippen molar-refractivity contribution in [1.82, 2.24) is 20.1 Å². The molecule has 0 radical (unpaired) electrons. The molecule has 1 saturated heterocycles. The fourth-order valence-electron chi connectivity index (χ4n) is 3.25. The predicted molar refractivity (Wildman–Crippen MR) is 103 cm³/mol. The first-order valence-electron chi connectivity index (χ1n) is 8.73. The first kappa shape index (κ1) is 18.0. The van der Waals surface area contributed by atoms with Gasteiger partial charge in [0, 0.05) is 32.2 Å². The van der Waals surface area contributed by atoms with Crippen LogP contribution >= 0.6 is 0 Å². The maximum atomic E-state index is 11.5. The fraction of sp³-hybridized carbons (Fsp3) is 0.471. The maximum absolute atomic E-state index is 11.5. The summed E-state index contributed by atoms with van der Waals surface area (Å²) < 4.78 is 0. The number of primary amides is 1. The number of piperazine rings is 1. The molecule has 9 nitrogen and oxygen atoms in total. The molecule has 3 rings (SSSR count). The third-order valence-corrected chi connectivity index (χ3v) is 4.70. The number of aromatic nitrogens is 3. The van der Waals surface area contributed by atoms with Crippen molar-refractivity contribution in [3.63, 3.8) is 0 Å². The Hall–Kier alpha value is -2.81. The molecule has 26 heavy (non-hydrogen) atoms. The number of nitrogens with two attached hydrogens (primary N) is 2. The second kappa shape index (κ2) is 7.20. The van der Waals surface area contributed by atoms with E-state index in [0.717, 1.165) is 43.2 Å². The molecule has 1 aliphatic rings. The Kier molecular flexibility index (Phi) is 4.99. The number of aryl methyl sites for hydroxylation is 1. The molecule has 0 atom stereocenters. The third kappa shape index (κ3) is 3.57. The van der Waals surface area contributed by atoms with Crippen LogP contribution in [-0.4, -0.2) is 58.2 Å². The first-order chi connectivity index (χ1) is 12.4. The number of rotatable bonds is 5. The molecule has 1 aliphatic heterocycles. The molecule has 0 unspecified atom stereocenters. The summed E-state index contributed by atoms with van der Waals surface area (Å²) in [7, 11) is 0. The second-order valence-electron chi connectivity index (χ2n) is 6.83. The van der Waals surface area contributed by atoms with Crippen molar-refractivity contribution < 1.29 is 4.79 Å². The van der Waals surface area contributed by atoms with E-state index in [1.807, 2.05) is 13.0 Å². The minimum absolute atomic E-state index is 0.143. The lowest BCUT2D eigenvalue weighted by atomic mass is 10.2. The number of carbonyl (C=O) groups excluding carboxylic acids is 1. The number of anilines is 4. The molecule has 0 spiro atoms. The van der Waals surface area contributed by atoms with E-state index < -0.39 is 5.91 Å². The number of hydrogen-bond donors (Lipinski definition) is 4. The Balaban J connectivity index is 1.74. The van der Waals surface area contributed by atoms with E-state index in [0.29, 0.717) is 11.9 Å². The lowest BCUT2D eigenvalue weighted by molar-refractivity contribution is 0.100. The van der Waals surface area contributed by atoms with Gasteiger partial charge < -0.3 is 21.7 Å². The van der Waals surface area contributed by atoms with Crippen molar-refractivity contribution in [2.75, 3.05) is 42.1 Å². The van der Waals surface area contributed by atoms with Crippen LogP contribution in [0.2, 0.25) is 0 Å². The number of carbonyl (C=O) groups is 1. The summed E-state index contributed by atoms with van der Waals surface area (Å²) in [4.78, 5) is 20.9. The minimum atomic E-state index is -0.636. The maximum Gasteiger partial charge on any atom is 0.256 e. The zero-order valence-electron chi connectivity index (χ0n) is 15.4. The molecule has 2 aromatic rings. The molecule has 9 heteroatoms. The van der Waals surface area contributed by atoms with Crippen LogP contribution in [0.5, 0.6) is 0 Å². The largest absolute Gasteiger partial charge is 0.383 e. The number of nitrogen functional groups attached to an aromatic ring is 1. The Morgan fingerprint density at radius 2 is 2.00 bits per heavy atom. The molecule has 0 aromatic carbocycles. The molecule has 6 N–H and O–H groups in total. The third-order valence-electron chi connectivity index (χ3n) is 4.70. The van der Waals surface area contributed by atoms with Crippen molar-refractivity contribution >= 4 is 29.0 Å². The average Bonchev–Trinajstić information content (AvgIpc) is 2.95. The second-order valence-corrected chi connectivity index (χ2v) is 6.83. The Morgan fingerprint density at radius 3 is 2.58 bits per heavy atom. The normalized spacial score (nSPS) is 15.5. The van der Waals surface area contributed by atoms with Crippen LogP contribution in [0, 0.1) is 6.92 Å². The van der Waals surface area contributed by atoms with Gasteiger partial charge in [0.2, 0.25) is 0 Å². The molecular formula is C17H26N8O. The number of aromatic amines is 1. The van der Waals surface area contributed by atoms with E-state index >= 15 is 0 Å². The van der Waals surface area contributed by atoms with E-state index in [2.05, 4.69) is 44.1 Å². The van der Waals surface area contributed by atoms with Gasteiger partial charge in [-0.15, -0.1) is 0 Å². The Bertz CT molecular complexity index is 792. The van der Waals surface area contributed by atoms with Gasteiger partial charge in [-0.2, -0.15) is 5.10 Å². The fourth-order valence-corrected chi connectivity index (χ4v) is 3.25. The topological polar surface area (TPSA) is 129 Å². The Labute approximate surface area is 152 Å². The summed E-state index contributed by atoms with van der Waals surface area (Å²) >= 11 is 0. The zero-order chi connectivity index (χ0) is 18.8. The monoisotopic (exact) mass is 358 g/mol. The van der Waals surface area contributed by atoms with E-state index in [1.54, 1.807) is 6.20 Å². The number of H-pyrrole nitrogens is 1. The van der Waals surface area contributed by atoms with Crippen molar-refractivity contribution in [2.45, 2.75) is 26.8 Å². The van der Waals surface area contributed by atoms with Gasteiger partial charge in [0.05, 0.1) is 11.9 Å². The van der Waals surface area contributed by atoms with Gasteiger partial charge in [-0.25, -0.2) is 4.98 Å². The molecule has 0 aliphatic carbocycles. The molecule has 3 heterocycles. The van der Waals surface area contributed by atoms with Gasteiger partial charge in [0.1, 0.15) is 17.2 Å². The molecule has 140 valence electrons. The molecular weight excluding hydrogens is 332 g/mol. The summed E-state index contributed by atoms with van der Waals surface area (Å²) in [6.45, 7) is 10.5. The van der Waals surface area contributed by atoms with Gasteiger partial charge in [0.25, 0.3) is 5.91 Å². The van der Waals surface area contributed by atoms with E-state index in [1.165, 1.54) is 0 Å². The lowest BCUT2D eigenvalue weighted by Gasteiger charge is -2.38.